The van der Waals surface area contributed by atoms with Gasteiger partial charge in [-0.1, -0.05) is 0 Å². The summed E-state index contributed by atoms with van der Waals surface area (Å²) in [6.07, 6.45) is 0. The minimum Gasteiger partial charge on any atom is -0.330 e. The van der Waals surface area contributed by atoms with Gasteiger partial charge < -0.3 is 5.73 Å². The molecule has 0 unspecified atom stereocenters. The van der Waals surface area contributed by atoms with E-state index >= 15 is 0 Å². The molecule has 0 saturated carbocycles. The van der Waals surface area contributed by atoms with Gasteiger partial charge in [-0.05, 0) is 40.5 Å². The summed E-state index contributed by atoms with van der Waals surface area (Å²) in [7, 11) is 0. The van der Waals surface area contributed by atoms with Crippen LogP contribution < -0.4 is 5.73 Å². The first-order valence-corrected chi connectivity index (χ1v) is 6.05. The molecule has 0 spiro atoms. The van der Waals surface area contributed by atoms with Gasteiger partial charge in [-0.25, -0.2) is 0 Å². The van der Waals surface area contributed by atoms with Gasteiger partial charge in [0.05, 0.1) is 3.79 Å². The molecule has 1 saturated heterocycles. The third-order valence-electron chi connectivity index (χ3n) is 2.37. The molecular weight excluding hydrogens is 248 g/mol. The molecule has 0 atom stereocenters. The van der Waals surface area contributed by atoms with Crippen LogP contribution in [-0.2, 0) is 6.54 Å². The molecule has 13 heavy (non-hydrogen) atoms. The Kier molecular flexibility index (Phi) is 3.03. The van der Waals surface area contributed by atoms with Gasteiger partial charge in [-0.15, -0.1) is 11.3 Å². The highest BCUT2D eigenvalue weighted by Crippen LogP contribution is 2.25. The Balaban J connectivity index is 1.81. The summed E-state index contributed by atoms with van der Waals surface area (Å²) >= 11 is 5.29. The lowest BCUT2D eigenvalue weighted by atomic mass is 10.0. The lowest BCUT2D eigenvalue weighted by molar-refractivity contribution is 0.0991. The summed E-state index contributed by atoms with van der Waals surface area (Å²) < 4.78 is 1.22. The van der Waals surface area contributed by atoms with Crippen molar-refractivity contribution in [3.63, 3.8) is 0 Å². The molecule has 2 N–H and O–H groups in total. The van der Waals surface area contributed by atoms with E-state index in [-0.39, 0.29) is 0 Å². The van der Waals surface area contributed by atoms with E-state index in [4.69, 9.17) is 5.73 Å². The molecule has 72 valence electrons. The monoisotopic (exact) mass is 260 g/mol. The van der Waals surface area contributed by atoms with Crippen LogP contribution in [0.3, 0.4) is 0 Å². The second-order valence-corrected chi connectivity index (χ2v) is 6.05. The van der Waals surface area contributed by atoms with Crippen LogP contribution in [0.2, 0.25) is 0 Å². The zero-order chi connectivity index (χ0) is 9.26. The maximum Gasteiger partial charge on any atom is 0.0701 e. The van der Waals surface area contributed by atoms with E-state index in [2.05, 4.69) is 33.0 Å². The third-order valence-corrected chi connectivity index (χ3v) is 3.98. The van der Waals surface area contributed by atoms with E-state index in [1.807, 2.05) is 11.3 Å². The van der Waals surface area contributed by atoms with E-state index in [1.54, 1.807) is 0 Å². The van der Waals surface area contributed by atoms with Gasteiger partial charge in [0.1, 0.15) is 0 Å². The Morgan fingerprint density at radius 2 is 2.31 bits per heavy atom. The Bertz CT molecular complexity index is 281. The molecule has 1 aromatic rings. The predicted octanol–water partition coefficient (Wildman–Crippen LogP) is 1.90. The van der Waals surface area contributed by atoms with E-state index in [1.165, 1.54) is 21.8 Å². The lowest BCUT2D eigenvalue weighted by Crippen LogP contribution is -2.48. The Labute approximate surface area is 90.9 Å². The minimum absolute atomic E-state index is 0.739. The van der Waals surface area contributed by atoms with Gasteiger partial charge in [0.25, 0.3) is 0 Å². The predicted molar refractivity (Wildman–Crippen MR) is 59.8 cm³/mol. The molecule has 2 nitrogen and oxygen atoms in total. The zero-order valence-electron chi connectivity index (χ0n) is 7.37. The summed E-state index contributed by atoms with van der Waals surface area (Å²) in [5, 5.41) is 0. The molecule has 1 fully saturated rings. The van der Waals surface area contributed by atoms with E-state index in [9.17, 15) is 0 Å². The van der Waals surface area contributed by atoms with Crippen molar-refractivity contribution in [3.05, 3.63) is 20.8 Å². The average Bonchev–Trinajstić information content (AvgIpc) is 2.43. The van der Waals surface area contributed by atoms with Crippen LogP contribution in [0.1, 0.15) is 4.88 Å². The van der Waals surface area contributed by atoms with Crippen LogP contribution in [0.15, 0.2) is 15.9 Å². The standard InChI is InChI=1S/C9H13BrN2S/c10-9-2-1-8(13-9)6-12-4-7(3-11)5-12/h1-2,7H,3-6,11H2. The van der Waals surface area contributed by atoms with Gasteiger partial charge >= 0.3 is 0 Å². The topological polar surface area (TPSA) is 29.3 Å². The van der Waals surface area contributed by atoms with Crippen molar-refractivity contribution in [1.29, 1.82) is 0 Å². The highest BCUT2D eigenvalue weighted by atomic mass is 79.9. The lowest BCUT2D eigenvalue weighted by Gasteiger charge is -2.38. The molecule has 0 aromatic carbocycles. The molecule has 1 aliphatic rings. The highest BCUT2D eigenvalue weighted by molar-refractivity contribution is 9.11. The van der Waals surface area contributed by atoms with Crippen LogP contribution >= 0.6 is 27.3 Å². The van der Waals surface area contributed by atoms with Crippen molar-refractivity contribution in [2.45, 2.75) is 6.54 Å². The zero-order valence-corrected chi connectivity index (χ0v) is 9.77. The van der Waals surface area contributed by atoms with Gasteiger partial charge in [0, 0.05) is 24.5 Å². The van der Waals surface area contributed by atoms with Crippen LogP contribution in [0, 0.1) is 5.92 Å². The number of rotatable bonds is 3. The fourth-order valence-electron chi connectivity index (χ4n) is 1.61. The molecule has 1 aromatic heterocycles. The molecule has 2 rings (SSSR count). The number of nitrogens with zero attached hydrogens (tertiary/aromatic N) is 1. The number of nitrogens with two attached hydrogens (primary N) is 1. The second kappa shape index (κ2) is 4.09. The summed E-state index contributed by atoms with van der Waals surface area (Å²) in [4.78, 5) is 3.87. The highest BCUT2D eigenvalue weighted by Gasteiger charge is 2.25. The van der Waals surface area contributed by atoms with E-state index in [0.717, 1.165) is 19.0 Å². The van der Waals surface area contributed by atoms with Crippen LogP contribution in [0.5, 0.6) is 0 Å². The molecule has 1 aliphatic heterocycles. The first kappa shape index (κ1) is 9.65. The maximum absolute atomic E-state index is 5.56. The SMILES string of the molecule is NCC1CN(Cc2ccc(Br)s2)C1. The van der Waals surface area contributed by atoms with Gasteiger partial charge in [0.2, 0.25) is 0 Å². The van der Waals surface area contributed by atoms with Crippen LogP contribution in [0.25, 0.3) is 0 Å². The Hall–Kier alpha value is 0.1000. The fraction of sp³-hybridized carbons (Fsp3) is 0.556. The minimum atomic E-state index is 0.739. The maximum atomic E-state index is 5.56. The first-order valence-electron chi connectivity index (χ1n) is 4.44. The average molecular weight is 261 g/mol. The first-order chi connectivity index (χ1) is 6.28. The second-order valence-electron chi connectivity index (χ2n) is 3.50. The van der Waals surface area contributed by atoms with Crippen molar-refractivity contribution in [1.82, 2.24) is 4.90 Å². The number of thiophene rings is 1. The number of likely N-dealkylation sites (tertiary alicyclic amines) is 1. The molecule has 2 heterocycles. The van der Waals surface area contributed by atoms with Gasteiger partial charge in [-0.2, -0.15) is 0 Å². The van der Waals surface area contributed by atoms with Crippen molar-refractivity contribution in [3.8, 4) is 0 Å². The largest absolute Gasteiger partial charge is 0.330 e. The van der Waals surface area contributed by atoms with Crippen molar-refractivity contribution < 1.29 is 0 Å². The summed E-state index contributed by atoms with van der Waals surface area (Å²) in [6.45, 7) is 4.27. The summed E-state index contributed by atoms with van der Waals surface area (Å²) in [5.74, 6) is 0.739. The van der Waals surface area contributed by atoms with Gasteiger partial charge in [-0.3, -0.25) is 4.90 Å². The molecule has 0 amide bonds. The third kappa shape index (κ3) is 2.31. The molecular formula is C9H13BrN2S. The molecule has 4 heteroatoms. The number of hydrogen-bond donors (Lipinski definition) is 1. The van der Waals surface area contributed by atoms with E-state index < -0.39 is 0 Å². The van der Waals surface area contributed by atoms with Crippen LogP contribution in [0.4, 0.5) is 0 Å². The van der Waals surface area contributed by atoms with Crippen molar-refractivity contribution in [2.75, 3.05) is 19.6 Å². The quantitative estimate of drug-likeness (QED) is 0.900. The molecule has 0 radical (unpaired) electrons. The van der Waals surface area contributed by atoms with Crippen LogP contribution in [-0.4, -0.2) is 24.5 Å². The number of halogens is 1. The Morgan fingerprint density at radius 3 is 2.85 bits per heavy atom. The summed E-state index contributed by atoms with van der Waals surface area (Å²) in [6, 6.07) is 4.30. The van der Waals surface area contributed by atoms with Crippen molar-refractivity contribution >= 4 is 27.3 Å². The number of hydrogen-bond acceptors (Lipinski definition) is 3. The van der Waals surface area contributed by atoms with Crippen molar-refractivity contribution in [2.24, 2.45) is 11.7 Å². The fourth-order valence-corrected chi connectivity index (χ4v) is 3.14. The molecule has 0 bridgehead atoms. The Morgan fingerprint density at radius 1 is 1.54 bits per heavy atom. The summed E-state index contributed by atoms with van der Waals surface area (Å²) in [5.41, 5.74) is 5.56. The smallest absolute Gasteiger partial charge is 0.0701 e. The molecule has 0 aliphatic carbocycles. The van der Waals surface area contributed by atoms with Gasteiger partial charge in [0.15, 0.2) is 0 Å². The van der Waals surface area contributed by atoms with E-state index in [0.29, 0.717) is 0 Å². The normalized spacial score (nSPS) is 18.9.